The first-order valence-corrected chi connectivity index (χ1v) is 9.80. The van der Waals surface area contributed by atoms with Gasteiger partial charge < -0.3 is 9.53 Å². The summed E-state index contributed by atoms with van der Waals surface area (Å²) in [6.45, 7) is 8.76. The number of carbonyl (C=O) groups excluding carboxylic acids is 3. The Kier molecular flexibility index (Phi) is 5.35. The summed E-state index contributed by atoms with van der Waals surface area (Å²) in [7, 11) is 0. The number of amides is 2. The molecule has 29 heavy (non-hydrogen) atoms. The van der Waals surface area contributed by atoms with Crippen molar-refractivity contribution < 1.29 is 19.1 Å². The molecule has 0 fully saturated rings. The topological polar surface area (TPSA) is 63.7 Å². The molecule has 5 nitrogen and oxygen atoms in total. The van der Waals surface area contributed by atoms with Crippen molar-refractivity contribution in [2.75, 3.05) is 4.90 Å². The lowest BCUT2D eigenvalue weighted by molar-refractivity contribution is -0.122. The highest BCUT2D eigenvalue weighted by molar-refractivity contribution is 6.22. The summed E-state index contributed by atoms with van der Waals surface area (Å²) in [5.41, 5.74) is 1.16. The van der Waals surface area contributed by atoms with Gasteiger partial charge in [0.15, 0.2) is 0 Å². The maximum Gasteiger partial charge on any atom is 0.421 e. The second-order valence-electron chi connectivity index (χ2n) is 8.61. The number of fused-ring (bicyclic) bond motifs is 1. The summed E-state index contributed by atoms with van der Waals surface area (Å²) in [5, 5.41) is 0. The van der Waals surface area contributed by atoms with Crippen LogP contribution in [0.25, 0.3) is 0 Å². The second kappa shape index (κ2) is 7.47. The number of rotatable bonds is 4. The van der Waals surface area contributed by atoms with Crippen molar-refractivity contribution in [3.8, 4) is 0 Å². The number of anilines is 1. The normalized spacial score (nSPS) is 18.5. The number of aryl methyl sites for hydroxylation is 1. The minimum Gasteiger partial charge on any atom is -0.443 e. The molecule has 2 aromatic rings. The molecule has 0 radical (unpaired) electrons. The van der Waals surface area contributed by atoms with Gasteiger partial charge in [0.25, 0.3) is 5.91 Å². The van der Waals surface area contributed by atoms with Crippen LogP contribution in [0.3, 0.4) is 0 Å². The molecule has 0 unspecified atom stereocenters. The Bertz CT molecular complexity index is 959. The minimum atomic E-state index is -1.11. The molecular weight excluding hydrogens is 366 g/mol. The summed E-state index contributed by atoms with van der Waals surface area (Å²) in [6, 6.07) is 15.0. The Hall–Kier alpha value is -2.95. The van der Waals surface area contributed by atoms with Crippen LogP contribution in [0.4, 0.5) is 10.5 Å². The molecule has 2 aromatic carbocycles. The molecule has 1 aliphatic heterocycles. The van der Waals surface area contributed by atoms with Crippen LogP contribution >= 0.6 is 0 Å². The van der Waals surface area contributed by atoms with E-state index < -0.39 is 17.1 Å². The van der Waals surface area contributed by atoms with Gasteiger partial charge in [-0.3, -0.25) is 4.79 Å². The van der Waals surface area contributed by atoms with Crippen LogP contribution in [-0.4, -0.2) is 23.4 Å². The van der Waals surface area contributed by atoms with E-state index in [2.05, 4.69) is 0 Å². The minimum absolute atomic E-state index is 0.00183. The van der Waals surface area contributed by atoms with Crippen LogP contribution in [0.5, 0.6) is 0 Å². The summed E-state index contributed by atoms with van der Waals surface area (Å²) in [4.78, 5) is 39.8. The summed E-state index contributed by atoms with van der Waals surface area (Å²) < 4.78 is 5.53. The fraction of sp³-hybridized carbons (Fsp3) is 0.375. The van der Waals surface area contributed by atoms with Gasteiger partial charge in [0, 0.05) is 6.42 Å². The molecule has 5 heteroatoms. The van der Waals surface area contributed by atoms with Gasteiger partial charge in [0.1, 0.15) is 16.8 Å². The third kappa shape index (κ3) is 3.82. The molecular formula is C24H27NO4. The fourth-order valence-electron chi connectivity index (χ4n) is 3.84. The third-order valence-corrected chi connectivity index (χ3v) is 5.12. The van der Waals surface area contributed by atoms with Gasteiger partial charge in [0.05, 0.1) is 5.69 Å². The summed E-state index contributed by atoms with van der Waals surface area (Å²) >= 11 is 0. The van der Waals surface area contributed by atoms with Gasteiger partial charge in [-0.25, -0.2) is 9.69 Å². The molecule has 0 saturated carbocycles. The van der Waals surface area contributed by atoms with Crippen molar-refractivity contribution in [3.05, 3.63) is 65.2 Å². The summed E-state index contributed by atoms with van der Waals surface area (Å²) in [6.07, 6.45) is -0.176. The lowest BCUT2D eigenvalue weighted by Gasteiger charge is -2.29. The quantitative estimate of drug-likeness (QED) is 0.739. The number of Topliss-reactive ketones (excluding diaryl/α,β-unsaturated/α-hetero) is 1. The highest BCUT2D eigenvalue weighted by Gasteiger charge is 2.54. The van der Waals surface area contributed by atoms with Crippen LogP contribution in [0.15, 0.2) is 48.5 Å². The molecule has 2 amide bonds. The van der Waals surface area contributed by atoms with Crippen molar-refractivity contribution in [1.29, 1.82) is 0 Å². The van der Waals surface area contributed by atoms with Crippen molar-refractivity contribution >= 4 is 23.5 Å². The van der Waals surface area contributed by atoms with Crippen molar-refractivity contribution in [3.63, 3.8) is 0 Å². The fourth-order valence-corrected chi connectivity index (χ4v) is 3.84. The van der Waals surface area contributed by atoms with Crippen LogP contribution in [0.2, 0.25) is 0 Å². The Balaban J connectivity index is 2.23. The van der Waals surface area contributed by atoms with Gasteiger partial charge in [-0.15, -0.1) is 0 Å². The van der Waals surface area contributed by atoms with E-state index in [1.54, 1.807) is 26.8 Å². The van der Waals surface area contributed by atoms with E-state index in [1.807, 2.05) is 49.4 Å². The van der Waals surface area contributed by atoms with Crippen molar-refractivity contribution in [2.45, 2.75) is 58.5 Å². The number of nitrogens with zero attached hydrogens (tertiary/aromatic N) is 1. The lowest BCUT2D eigenvalue weighted by Crippen LogP contribution is -2.46. The SMILES string of the molecule is CC(=O)CC[C@@]1(c2ccccc2)C(=O)N(C(=O)OC(C)(C)C)c2ccc(C)cc21. The van der Waals surface area contributed by atoms with Crippen molar-refractivity contribution in [2.24, 2.45) is 0 Å². The Morgan fingerprint density at radius 2 is 1.72 bits per heavy atom. The van der Waals surface area contributed by atoms with E-state index >= 15 is 0 Å². The van der Waals surface area contributed by atoms with Crippen LogP contribution < -0.4 is 4.90 Å². The predicted molar refractivity (Wildman–Crippen MR) is 112 cm³/mol. The van der Waals surface area contributed by atoms with E-state index in [-0.39, 0.29) is 18.1 Å². The Morgan fingerprint density at radius 1 is 1.07 bits per heavy atom. The highest BCUT2D eigenvalue weighted by Crippen LogP contribution is 2.49. The van der Waals surface area contributed by atoms with E-state index in [9.17, 15) is 14.4 Å². The molecule has 0 spiro atoms. The zero-order chi connectivity index (χ0) is 21.4. The van der Waals surface area contributed by atoms with E-state index in [1.165, 1.54) is 6.92 Å². The van der Waals surface area contributed by atoms with Gasteiger partial charge in [0.2, 0.25) is 0 Å². The van der Waals surface area contributed by atoms with E-state index in [0.717, 1.165) is 21.6 Å². The number of imide groups is 1. The number of ether oxygens (including phenoxy) is 1. The second-order valence-corrected chi connectivity index (χ2v) is 8.61. The van der Waals surface area contributed by atoms with Crippen molar-refractivity contribution in [1.82, 2.24) is 0 Å². The molecule has 3 rings (SSSR count). The molecule has 0 bridgehead atoms. The Morgan fingerprint density at radius 3 is 2.31 bits per heavy atom. The van der Waals surface area contributed by atoms with Crippen LogP contribution in [0, 0.1) is 6.92 Å². The number of ketones is 1. The molecule has 0 aromatic heterocycles. The van der Waals surface area contributed by atoms with Crippen LogP contribution in [-0.2, 0) is 19.7 Å². The maximum absolute atomic E-state index is 13.8. The average molecular weight is 393 g/mol. The first kappa shape index (κ1) is 20.8. The zero-order valence-corrected chi connectivity index (χ0v) is 17.6. The first-order chi connectivity index (χ1) is 13.6. The average Bonchev–Trinajstić information content (AvgIpc) is 2.87. The predicted octanol–water partition coefficient (Wildman–Crippen LogP) is 4.93. The number of hydrogen-bond acceptors (Lipinski definition) is 4. The Labute approximate surface area is 171 Å². The monoisotopic (exact) mass is 393 g/mol. The smallest absolute Gasteiger partial charge is 0.421 e. The number of carbonyl (C=O) groups is 3. The highest BCUT2D eigenvalue weighted by atomic mass is 16.6. The van der Waals surface area contributed by atoms with Gasteiger partial charge in [-0.2, -0.15) is 0 Å². The molecule has 1 aliphatic rings. The van der Waals surface area contributed by atoms with E-state index in [0.29, 0.717) is 12.1 Å². The van der Waals surface area contributed by atoms with Gasteiger partial charge in [-0.1, -0.05) is 48.0 Å². The van der Waals surface area contributed by atoms with Gasteiger partial charge >= 0.3 is 6.09 Å². The molecule has 1 heterocycles. The van der Waals surface area contributed by atoms with Crippen LogP contribution in [0.1, 0.15) is 57.2 Å². The number of hydrogen-bond donors (Lipinski definition) is 0. The largest absolute Gasteiger partial charge is 0.443 e. The maximum atomic E-state index is 13.8. The van der Waals surface area contributed by atoms with E-state index in [4.69, 9.17) is 4.74 Å². The third-order valence-electron chi connectivity index (χ3n) is 5.12. The lowest BCUT2D eigenvalue weighted by atomic mass is 9.71. The molecule has 1 atom stereocenters. The molecule has 152 valence electrons. The van der Waals surface area contributed by atoms with Gasteiger partial charge in [-0.05, 0) is 58.2 Å². The molecule has 0 saturated heterocycles. The zero-order valence-electron chi connectivity index (χ0n) is 17.6. The first-order valence-electron chi connectivity index (χ1n) is 9.80. The standard InChI is InChI=1S/C24H27NO4/c1-16-11-12-20-19(15-16)24(14-13-17(2)26,18-9-7-6-8-10-18)21(27)25(20)22(28)29-23(3,4)5/h6-12,15H,13-14H2,1-5H3/t24-/m0/s1. The number of benzene rings is 2. The molecule has 0 aliphatic carbocycles. The summed E-state index contributed by atoms with van der Waals surface area (Å²) in [5.74, 6) is -0.377. The molecule has 0 N–H and O–H groups in total.